The van der Waals surface area contributed by atoms with Crippen LogP contribution in [0.1, 0.15) is 35.3 Å². The topological polar surface area (TPSA) is 58.1 Å². The molecule has 1 aliphatic heterocycles. The van der Waals surface area contributed by atoms with Crippen molar-refractivity contribution in [3.8, 4) is 0 Å². The van der Waals surface area contributed by atoms with Gasteiger partial charge in [-0.25, -0.2) is 4.39 Å². The van der Waals surface area contributed by atoms with E-state index in [1.165, 1.54) is 12.5 Å². The molecule has 3 rings (SSSR count). The second-order valence-corrected chi connectivity index (χ2v) is 5.97. The van der Waals surface area contributed by atoms with Crippen LogP contribution in [0.15, 0.2) is 30.3 Å². The van der Waals surface area contributed by atoms with E-state index in [1.807, 2.05) is 0 Å². The van der Waals surface area contributed by atoms with E-state index in [2.05, 4.69) is 20.4 Å². The van der Waals surface area contributed by atoms with Crippen LogP contribution in [0.5, 0.6) is 0 Å². The van der Waals surface area contributed by atoms with E-state index in [-0.39, 0.29) is 11.4 Å². The molecule has 2 aromatic rings. The molecule has 1 amide bonds. The lowest BCUT2D eigenvalue weighted by Crippen LogP contribution is -2.30. The fraction of sp³-hybridized carbons (Fsp3) is 0.353. The van der Waals surface area contributed by atoms with Gasteiger partial charge in [0, 0.05) is 18.8 Å². The number of amides is 1. The van der Waals surface area contributed by atoms with Gasteiger partial charge < -0.3 is 10.2 Å². The molecular formula is C17H16F4N4O. The van der Waals surface area contributed by atoms with Gasteiger partial charge in [-0.05, 0) is 49.6 Å². The Morgan fingerprint density at radius 1 is 1.04 bits per heavy atom. The maximum absolute atomic E-state index is 13.3. The largest absolute Gasteiger partial charge is 0.419 e. The Bertz CT molecular complexity index is 786. The van der Waals surface area contributed by atoms with Crippen molar-refractivity contribution in [3.63, 3.8) is 0 Å². The van der Waals surface area contributed by atoms with Crippen LogP contribution in [0.25, 0.3) is 0 Å². The van der Waals surface area contributed by atoms with E-state index in [4.69, 9.17) is 0 Å². The Hall–Kier alpha value is -2.71. The Kier molecular flexibility index (Phi) is 5.06. The molecule has 1 saturated heterocycles. The number of anilines is 2. The summed E-state index contributed by atoms with van der Waals surface area (Å²) in [6.07, 6.45) is -1.55. The van der Waals surface area contributed by atoms with Crippen LogP contribution >= 0.6 is 0 Å². The molecule has 1 aromatic carbocycles. The first-order valence-corrected chi connectivity index (χ1v) is 8.11. The molecule has 138 valence electrons. The SMILES string of the molecule is O=C(Nc1ccc(F)c(C(F)(F)F)c1)c1ccc(N2CCCCC2)nn1. The monoisotopic (exact) mass is 368 g/mol. The van der Waals surface area contributed by atoms with Gasteiger partial charge in [0.1, 0.15) is 5.82 Å². The Morgan fingerprint density at radius 3 is 2.38 bits per heavy atom. The summed E-state index contributed by atoms with van der Waals surface area (Å²) in [7, 11) is 0. The van der Waals surface area contributed by atoms with Crippen LogP contribution in [-0.4, -0.2) is 29.2 Å². The summed E-state index contributed by atoms with van der Waals surface area (Å²) in [6.45, 7) is 1.74. The molecule has 0 unspecified atom stereocenters. The normalized spacial score (nSPS) is 15.0. The van der Waals surface area contributed by atoms with E-state index in [0.29, 0.717) is 18.0 Å². The second-order valence-electron chi connectivity index (χ2n) is 5.97. The summed E-state index contributed by atoms with van der Waals surface area (Å²) in [4.78, 5) is 14.2. The molecular weight excluding hydrogens is 352 g/mol. The second kappa shape index (κ2) is 7.27. The van der Waals surface area contributed by atoms with Gasteiger partial charge in [-0.3, -0.25) is 4.79 Å². The third kappa shape index (κ3) is 4.09. The minimum absolute atomic E-state index is 0.0383. The first-order valence-electron chi connectivity index (χ1n) is 8.11. The van der Waals surface area contributed by atoms with E-state index in [0.717, 1.165) is 32.0 Å². The van der Waals surface area contributed by atoms with Crippen LogP contribution in [0.3, 0.4) is 0 Å². The van der Waals surface area contributed by atoms with Gasteiger partial charge in [-0.1, -0.05) is 0 Å². The van der Waals surface area contributed by atoms with Gasteiger partial charge in [0.2, 0.25) is 0 Å². The molecule has 0 radical (unpaired) electrons. The highest BCUT2D eigenvalue weighted by Gasteiger charge is 2.34. The third-order valence-corrected chi connectivity index (χ3v) is 4.09. The fourth-order valence-electron chi connectivity index (χ4n) is 2.75. The molecule has 26 heavy (non-hydrogen) atoms. The average Bonchev–Trinajstić information content (AvgIpc) is 2.63. The highest BCUT2D eigenvalue weighted by Crippen LogP contribution is 2.33. The number of piperidine rings is 1. The van der Waals surface area contributed by atoms with Crippen LogP contribution in [-0.2, 0) is 6.18 Å². The maximum atomic E-state index is 13.3. The number of hydrogen-bond donors (Lipinski definition) is 1. The Balaban J connectivity index is 1.72. The zero-order valence-electron chi connectivity index (χ0n) is 13.7. The number of benzene rings is 1. The van der Waals surface area contributed by atoms with Crippen molar-refractivity contribution in [1.29, 1.82) is 0 Å². The molecule has 0 saturated carbocycles. The molecule has 5 nitrogen and oxygen atoms in total. The van der Waals surface area contributed by atoms with E-state index < -0.39 is 23.5 Å². The number of rotatable bonds is 3. The summed E-state index contributed by atoms with van der Waals surface area (Å²) in [5.41, 5.74) is -1.66. The van der Waals surface area contributed by atoms with Crippen molar-refractivity contribution >= 4 is 17.4 Å². The Morgan fingerprint density at radius 2 is 1.77 bits per heavy atom. The third-order valence-electron chi connectivity index (χ3n) is 4.09. The van der Waals surface area contributed by atoms with Gasteiger partial charge in [-0.15, -0.1) is 10.2 Å². The molecule has 1 fully saturated rings. The standard InChI is InChI=1S/C17H16F4N4O/c18-13-5-4-11(10-12(13)17(19,20)21)22-16(26)14-6-7-15(24-23-14)25-8-2-1-3-9-25/h4-7,10H,1-3,8-9H2,(H,22,26). The van der Waals surface area contributed by atoms with Crippen molar-refractivity contribution < 1.29 is 22.4 Å². The molecule has 1 aliphatic rings. The molecule has 0 spiro atoms. The van der Waals surface area contributed by atoms with Gasteiger partial charge in [0.05, 0.1) is 5.56 Å². The lowest BCUT2D eigenvalue weighted by Gasteiger charge is -2.27. The highest BCUT2D eigenvalue weighted by molar-refractivity contribution is 6.02. The zero-order valence-corrected chi connectivity index (χ0v) is 13.7. The zero-order chi connectivity index (χ0) is 18.7. The number of halogens is 4. The van der Waals surface area contributed by atoms with Crippen molar-refractivity contribution in [2.75, 3.05) is 23.3 Å². The Labute approximate surface area is 147 Å². The van der Waals surface area contributed by atoms with Gasteiger partial charge in [0.15, 0.2) is 11.5 Å². The van der Waals surface area contributed by atoms with Gasteiger partial charge >= 0.3 is 6.18 Å². The minimum atomic E-state index is -4.85. The summed E-state index contributed by atoms with van der Waals surface area (Å²) in [5.74, 6) is -1.47. The predicted octanol–water partition coefficient (Wildman–Crippen LogP) is 3.88. The quantitative estimate of drug-likeness (QED) is 0.836. The molecule has 0 aliphatic carbocycles. The minimum Gasteiger partial charge on any atom is -0.355 e. The van der Waals surface area contributed by atoms with E-state index >= 15 is 0 Å². The van der Waals surface area contributed by atoms with Crippen LogP contribution in [0.2, 0.25) is 0 Å². The first-order chi connectivity index (χ1) is 12.3. The molecule has 9 heteroatoms. The number of hydrogen-bond acceptors (Lipinski definition) is 4. The van der Waals surface area contributed by atoms with Crippen molar-refractivity contribution in [1.82, 2.24) is 10.2 Å². The molecule has 1 N–H and O–H groups in total. The number of carbonyl (C=O) groups excluding carboxylic acids is 1. The van der Waals surface area contributed by atoms with Crippen LogP contribution in [0, 0.1) is 5.82 Å². The first kappa shape index (κ1) is 18.1. The molecule has 2 heterocycles. The van der Waals surface area contributed by atoms with Crippen LogP contribution < -0.4 is 10.2 Å². The van der Waals surface area contributed by atoms with E-state index in [1.54, 1.807) is 6.07 Å². The van der Waals surface area contributed by atoms with E-state index in [9.17, 15) is 22.4 Å². The smallest absolute Gasteiger partial charge is 0.355 e. The number of alkyl halides is 3. The molecule has 0 atom stereocenters. The number of aromatic nitrogens is 2. The maximum Gasteiger partial charge on any atom is 0.419 e. The van der Waals surface area contributed by atoms with Gasteiger partial charge in [-0.2, -0.15) is 13.2 Å². The number of carbonyl (C=O) groups is 1. The van der Waals surface area contributed by atoms with Crippen molar-refractivity contribution in [2.45, 2.75) is 25.4 Å². The van der Waals surface area contributed by atoms with Crippen molar-refractivity contribution in [3.05, 3.63) is 47.4 Å². The van der Waals surface area contributed by atoms with Crippen LogP contribution in [0.4, 0.5) is 29.1 Å². The lowest BCUT2D eigenvalue weighted by molar-refractivity contribution is -0.139. The molecule has 1 aromatic heterocycles. The van der Waals surface area contributed by atoms with Gasteiger partial charge in [0.25, 0.3) is 5.91 Å². The predicted molar refractivity (Wildman–Crippen MR) is 87.5 cm³/mol. The molecule has 0 bridgehead atoms. The summed E-state index contributed by atoms with van der Waals surface area (Å²) >= 11 is 0. The number of nitrogens with zero attached hydrogens (tertiary/aromatic N) is 3. The van der Waals surface area contributed by atoms with Crippen molar-refractivity contribution in [2.24, 2.45) is 0 Å². The summed E-state index contributed by atoms with van der Waals surface area (Å²) < 4.78 is 51.5. The fourth-order valence-corrected chi connectivity index (χ4v) is 2.75. The summed E-state index contributed by atoms with van der Waals surface area (Å²) in [6, 6.07) is 5.36. The lowest BCUT2D eigenvalue weighted by atomic mass is 10.1. The average molecular weight is 368 g/mol. The number of nitrogens with one attached hydrogen (secondary N) is 1. The highest BCUT2D eigenvalue weighted by atomic mass is 19.4. The summed E-state index contributed by atoms with van der Waals surface area (Å²) in [5, 5.41) is 10.1.